The lowest BCUT2D eigenvalue weighted by Gasteiger charge is -2.25. The molecule has 1 saturated carbocycles. The van der Waals surface area contributed by atoms with Crippen LogP contribution in [0.2, 0.25) is 0 Å². The minimum atomic E-state index is 0.216. The predicted molar refractivity (Wildman–Crippen MR) is 80.6 cm³/mol. The lowest BCUT2D eigenvalue weighted by molar-refractivity contribution is -0.125. The molecule has 2 fully saturated rings. The molecule has 1 aliphatic carbocycles. The average molecular weight is 282 g/mol. The topological polar surface area (TPSA) is 50.4 Å². The van der Waals surface area contributed by atoms with Crippen LogP contribution in [0, 0.1) is 11.8 Å². The number of piperidine rings is 1. The molecular weight excluding hydrogens is 252 g/mol. The summed E-state index contributed by atoms with van der Waals surface area (Å²) in [6.45, 7) is 5.56. The Hall–Kier alpha value is -0.610. The van der Waals surface area contributed by atoms with Crippen LogP contribution in [0.4, 0.5) is 0 Å². The van der Waals surface area contributed by atoms with Gasteiger partial charge in [0.15, 0.2) is 0 Å². The van der Waals surface area contributed by atoms with Crippen molar-refractivity contribution in [2.45, 2.75) is 58.0 Å². The zero-order valence-electron chi connectivity index (χ0n) is 12.8. The molecule has 1 amide bonds. The summed E-state index contributed by atoms with van der Waals surface area (Å²) in [7, 11) is 0. The molecule has 2 N–H and O–H groups in total. The number of ether oxygens (including phenoxy) is 1. The van der Waals surface area contributed by atoms with Gasteiger partial charge in [0.2, 0.25) is 5.91 Å². The van der Waals surface area contributed by atoms with E-state index >= 15 is 0 Å². The lowest BCUT2D eigenvalue weighted by atomic mass is 9.96. The molecule has 4 nitrogen and oxygen atoms in total. The van der Waals surface area contributed by atoms with Gasteiger partial charge in [-0.05, 0) is 58.0 Å². The van der Waals surface area contributed by atoms with Crippen LogP contribution in [-0.2, 0) is 9.53 Å². The predicted octanol–water partition coefficient (Wildman–Crippen LogP) is 2.09. The van der Waals surface area contributed by atoms with Crippen LogP contribution in [0.1, 0.15) is 51.9 Å². The summed E-state index contributed by atoms with van der Waals surface area (Å²) in [6, 6.07) is 0. The van der Waals surface area contributed by atoms with E-state index in [9.17, 15) is 4.79 Å². The van der Waals surface area contributed by atoms with Gasteiger partial charge in [0.1, 0.15) is 0 Å². The van der Waals surface area contributed by atoms with Crippen molar-refractivity contribution < 1.29 is 9.53 Å². The molecule has 0 aromatic rings. The maximum absolute atomic E-state index is 12.1. The number of hydrogen-bond donors (Lipinski definition) is 2. The third kappa shape index (κ3) is 4.74. The molecule has 2 rings (SSSR count). The minimum Gasteiger partial charge on any atom is -0.378 e. The van der Waals surface area contributed by atoms with Crippen molar-refractivity contribution >= 4 is 5.91 Å². The fraction of sp³-hybridized carbons (Fsp3) is 0.938. The summed E-state index contributed by atoms with van der Waals surface area (Å²) < 4.78 is 5.89. The Morgan fingerprint density at radius 3 is 2.60 bits per heavy atom. The molecule has 20 heavy (non-hydrogen) atoms. The van der Waals surface area contributed by atoms with Crippen LogP contribution < -0.4 is 10.6 Å². The lowest BCUT2D eigenvalue weighted by Crippen LogP contribution is -2.39. The first-order chi connectivity index (χ1) is 9.81. The van der Waals surface area contributed by atoms with Gasteiger partial charge in [-0.1, -0.05) is 12.8 Å². The van der Waals surface area contributed by atoms with Crippen molar-refractivity contribution in [1.29, 1.82) is 0 Å². The molecule has 1 aliphatic heterocycles. The molecule has 2 aliphatic rings. The Morgan fingerprint density at radius 1 is 1.25 bits per heavy atom. The highest BCUT2D eigenvalue weighted by atomic mass is 16.5. The van der Waals surface area contributed by atoms with Crippen molar-refractivity contribution in [3.05, 3.63) is 0 Å². The molecule has 1 atom stereocenters. The average Bonchev–Trinajstić information content (AvgIpc) is 3.01. The summed E-state index contributed by atoms with van der Waals surface area (Å²) in [5.74, 6) is 1.17. The first kappa shape index (κ1) is 15.8. The molecule has 1 unspecified atom stereocenters. The van der Waals surface area contributed by atoms with E-state index in [1.165, 1.54) is 25.7 Å². The molecule has 116 valence electrons. The second-order valence-corrected chi connectivity index (χ2v) is 6.14. The highest BCUT2D eigenvalue weighted by molar-refractivity contribution is 5.78. The van der Waals surface area contributed by atoms with Gasteiger partial charge < -0.3 is 15.4 Å². The largest absolute Gasteiger partial charge is 0.378 e. The molecule has 0 aromatic carbocycles. The first-order valence-corrected chi connectivity index (χ1v) is 8.41. The number of hydrogen-bond acceptors (Lipinski definition) is 3. The second-order valence-electron chi connectivity index (χ2n) is 6.14. The Bertz CT molecular complexity index is 284. The summed E-state index contributed by atoms with van der Waals surface area (Å²) >= 11 is 0. The number of nitrogens with one attached hydrogen (secondary N) is 2. The molecule has 0 aromatic heterocycles. The fourth-order valence-electron chi connectivity index (χ4n) is 3.56. The highest BCUT2D eigenvalue weighted by Gasteiger charge is 2.26. The van der Waals surface area contributed by atoms with Crippen molar-refractivity contribution in [3.63, 3.8) is 0 Å². The number of carbonyl (C=O) groups is 1. The van der Waals surface area contributed by atoms with Gasteiger partial charge in [0.05, 0.1) is 6.10 Å². The van der Waals surface area contributed by atoms with Crippen LogP contribution in [0.25, 0.3) is 0 Å². The van der Waals surface area contributed by atoms with Crippen molar-refractivity contribution in [2.75, 3.05) is 26.2 Å². The zero-order chi connectivity index (χ0) is 14.2. The second kappa shape index (κ2) is 8.63. The number of rotatable bonds is 7. The van der Waals surface area contributed by atoms with E-state index in [0.717, 1.165) is 45.5 Å². The fourth-order valence-corrected chi connectivity index (χ4v) is 3.56. The molecule has 1 heterocycles. The molecular formula is C16H30N2O2. The van der Waals surface area contributed by atoms with E-state index in [4.69, 9.17) is 4.74 Å². The number of amides is 1. The van der Waals surface area contributed by atoms with Gasteiger partial charge >= 0.3 is 0 Å². The molecule has 1 saturated heterocycles. The van der Waals surface area contributed by atoms with Gasteiger partial charge in [-0.3, -0.25) is 4.79 Å². The summed E-state index contributed by atoms with van der Waals surface area (Å²) in [4.78, 5) is 12.1. The van der Waals surface area contributed by atoms with Crippen molar-refractivity contribution in [3.8, 4) is 0 Å². The van der Waals surface area contributed by atoms with E-state index in [2.05, 4.69) is 17.6 Å². The molecule has 4 heteroatoms. The number of carbonyl (C=O) groups excluding carboxylic acids is 1. The smallest absolute Gasteiger partial charge is 0.223 e. The van der Waals surface area contributed by atoms with Crippen molar-refractivity contribution in [1.82, 2.24) is 10.6 Å². The van der Waals surface area contributed by atoms with E-state index in [0.29, 0.717) is 12.0 Å². The summed E-state index contributed by atoms with van der Waals surface area (Å²) in [6.07, 6.45) is 8.54. The van der Waals surface area contributed by atoms with E-state index in [1.807, 2.05) is 0 Å². The van der Waals surface area contributed by atoms with Crippen molar-refractivity contribution in [2.24, 2.45) is 11.8 Å². The first-order valence-electron chi connectivity index (χ1n) is 8.41. The quantitative estimate of drug-likeness (QED) is 0.752. The Balaban J connectivity index is 1.67. The van der Waals surface area contributed by atoms with E-state index in [1.54, 1.807) is 0 Å². The van der Waals surface area contributed by atoms with Gasteiger partial charge in [-0.15, -0.1) is 0 Å². The summed E-state index contributed by atoms with van der Waals surface area (Å²) in [5.41, 5.74) is 0. The minimum absolute atomic E-state index is 0.216. The summed E-state index contributed by atoms with van der Waals surface area (Å²) in [5, 5.41) is 6.42. The van der Waals surface area contributed by atoms with Crippen LogP contribution in [-0.4, -0.2) is 38.3 Å². The van der Waals surface area contributed by atoms with E-state index < -0.39 is 0 Å². The molecule has 0 bridgehead atoms. The zero-order valence-corrected chi connectivity index (χ0v) is 12.8. The Morgan fingerprint density at radius 2 is 1.95 bits per heavy atom. The van der Waals surface area contributed by atoms with Gasteiger partial charge in [0, 0.05) is 19.1 Å². The van der Waals surface area contributed by atoms with Gasteiger partial charge in [0.25, 0.3) is 0 Å². The molecule has 0 radical (unpaired) electrons. The van der Waals surface area contributed by atoms with Gasteiger partial charge in [-0.2, -0.15) is 0 Å². The standard InChI is InChI=1S/C16H30N2O2/c1-2-20-15(13-5-3-4-6-13)9-12-18-16(19)14-7-10-17-11-8-14/h13-15,17H,2-12H2,1H3,(H,18,19). The van der Waals surface area contributed by atoms with Gasteiger partial charge in [-0.25, -0.2) is 0 Å². The SMILES string of the molecule is CCOC(CCNC(=O)C1CCNCC1)C1CCCC1. The maximum Gasteiger partial charge on any atom is 0.223 e. The van der Waals surface area contributed by atoms with Crippen LogP contribution in [0.5, 0.6) is 0 Å². The normalized spacial score (nSPS) is 22.9. The third-order valence-electron chi connectivity index (χ3n) is 4.74. The molecule has 0 spiro atoms. The Kier molecular flexibility index (Phi) is 6.80. The maximum atomic E-state index is 12.1. The third-order valence-corrected chi connectivity index (χ3v) is 4.74. The highest BCUT2D eigenvalue weighted by Crippen LogP contribution is 2.30. The monoisotopic (exact) mass is 282 g/mol. The van der Waals surface area contributed by atoms with Crippen LogP contribution >= 0.6 is 0 Å². The van der Waals surface area contributed by atoms with E-state index in [-0.39, 0.29) is 11.8 Å². The Labute approximate surface area is 123 Å². The van der Waals surface area contributed by atoms with Crippen LogP contribution in [0.15, 0.2) is 0 Å². The van der Waals surface area contributed by atoms with Crippen LogP contribution in [0.3, 0.4) is 0 Å².